The normalized spacial score (nSPS) is 31.4. The van der Waals surface area contributed by atoms with Crippen LogP contribution < -0.4 is 0 Å². The Balaban J connectivity index is 1.49. The maximum Gasteiger partial charge on any atom is 0.331 e. The zero-order valence-electron chi connectivity index (χ0n) is 22.3. The summed E-state index contributed by atoms with van der Waals surface area (Å²) in [6, 6.07) is 10.2. The molecule has 0 unspecified atom stereocenters. The molecule has 14 nitrogen and oxygen atoms in total. The zero-order valence-corrected chi connectivity index (χ0v) is 22.3. The van der Waals surface area contributed by atoms with Gasteiger partial charge in [-0.25, -0.2) is 4.79 Å². The molecular formula is C28H34O14. The zero-order chi connectivity index (χ0) is 30.4. The highest BCUT2D eigenvalue weighted by Gasteiger charge is 2.54. The van der Waals surface area contributed by atoms with Crippen molar-refractivity contribution in [1.29, 1.82) is 0 Å². The SMILES string of the molecule is O=C(/C=C/c1ccc(O)c(O)c1)O[C@@H]1[C@@H](O)[C@H](O[C@@H]2OC[C@@](O)(CO)[C@H]2O)[C@@H](OCCc2ccc(O)cc2)O[C@H]1CO. The van der Waals surface area contributed by atoms with E-state index in [1.54, 1.807) is 12.1 Å². The minimum absolute atomic E-state index is 0.0293. The highest BCUT2D eigenvalue weighted by atomic mass is 16.8. The van der Waals surface area contributed by atoms with Gasteiger partial charge in [-0.3, -0.25) is 0 Å². The summed E-state index contributed by atoms with van der Waals surface area (Å²) < 4.78 is 28.0. The van der Waals surface area contributed by atoms with Crippen molar-refractivity contribution in [3.05, 3.63) is 59.7 Å². The van der Waals surface area contributed by atoms with Crippen LogP contribution in [0.5, 0.6) is 17.2 Å². The van der Waals surface area contributed by atoms with Crippen LogP contribution in [0.2, 0.25) is 0 Å². The Hall–Kier alpha value is -3.31. The summed E-state index contributed by atoms with van der Waals surface area (Å²) in [6.07, 6.45) is -7.89. The number of hydrogen-bond donors (Lipinski definition) is 8. The van der Waals surface area contributed by atoms with Gasteiger partial charge in [-0.05, 0) is 47.9 Å². The number of esters is 1. The summed E-state index contributed by atoms with van der Waals surface area (Å²) in [7, 11) is 0. The Morgan fingerprint density at radius 3 is 2.38 bits per heavy atom. The van der Waals surface area contributed by atoms with E-state index in [-0.39, 0.29) is 18.1 Å². The molecule has 2 aliphatic rings. The molecule has 2 saturated heterocycles. The molecule has 8 atom stereocenters. The molecule has 2 aromatic carbocycles. The Morgan fingerprint density at radius 1 is 1.00 bits per heavy atom. The summed E-state index contributed by atoms with van der Waals surface area (Å²) in [4.78, 5) is 12.6. The van der Waals surface area contributed by atoms with E-state index in [0.717, 1.165) is 11.6 Å². The van der Waals surface area contributed by atoms with Gasteiger partial charge in [0.15, 0.2) is 30.2 Å². The number of carbonyl (C=O) groups is 1. The van der Waals surface area contributed by atoms with Crippen molar-refractivity contribution in [2.45, 2.75) is 55.1 Å². The van der Waals surface area contributed by atoms with E-state index in [0.29, 0.717) is 12.0 Å². The van der Waals surface area contributed by atoms with E-state index in [1.165, 1.54) is 36.4 Å². The smallest absolute Gasteiger partial charge is 0.331 e. The van der Waals surface area contributed by atoms with Gasteiger partial charge in [0.1, 0.15) is 35.8 Å². The summed E-state index contributed by atoms with van der Waals surface area (Å²) >= 11 is 0. The number of phenolic OH excluding ortho intramolecular Hbond substituents is 3. The minimum Gasteiger partial charge on any atom is -0.508 e. The van der Waals surface area contributed by atoms with Crippen LogP contribution in [0, 0.1) is 0 Å². The molecule has 0 spiro atoms. The molecule has 42 heavy (non-hydrogen) atoms. The molecule has 14 heteroatoms. The first-order valence-corrected chi connectivity index (χ1v) is 13.1. The van der Waals surface area contributed by atoms with E-state index >= 15 is 0 Å². The fraction of sp³-hybridized carbons (Fsp3) is 0.464. The molecule has 230 valence electrons. The molecule has 2 fully saturated rings. The van der Waals surface area contributed by atoms with Gasteiger partial charge in [0.2, 0.25) is 0 Å². The van der Waals surface area contributed by atoms with Crippen LogP contribution >= 0.6 is 0 Å². The predicted molar refractivity (Wildman–Crippen MR) is 141 cm³/mol. The lowest BCUT2D eigenvalue weighted by molar-refractivity contribution is -0.336. The molecule has 2 heterocycles. The first-order chi connectivity index (χ1) is 20.0. The maximum absolute atomic E-state index is 12.6. The Kier molecular flexibility index (Phi) is 10.4. The van der Waals surface area contributed by atoms with Crippen LogP contribution in [0.25, 0.3) is 6.08 Å². The van der Waals surface area contributed by atoms with Gasteiger partial charge in [0, 0.05) is 6.08 Å². The second kappa shape index (κ2) is 13.8. The number of phenols is 3. The molecule has 0 saturated carbocycles. The van der Waals surface area contributed by atoms with Gasteiger partial charge in [0.25, 0.3) is 0 Å². The van der Waals surface area contributed by atoms with E-state index in [1.807, 2.05) is 0 Å². The highest BCUT2D eigenvalue weighted by molar-refractivity contribution is 5.87. The topological polar surface area (TPSA) is 225 Å². The average molecular weight is 595 g/mol. The van der Waals surface area contributed by atoms with Crippen LogP contribution in [-0.2, 0) is 34.9 Å². The number of ether oxygens (including phenoxy) is 5. The molecule has 0 amide bonds. The molecule has 4 rings (SSSR count). The molecule has 2 aromatic rings. The molecular weight excluding hydrogens is 560 g/mol. The Labute approximate surface area is 240 Å². The number of aromatic hydroxyl groups is 3. The van der Waals surface area contributed by atoms with Crippen molar-refractivity contribution in [3.63, 3.8) is 0 Å². The van der Waals surface area contributed by atoms with Crippen molar-refractivity contribution in [2.75, 3.05) is 26.4 Å². The number of rotatable bonds is 11. The minimum atomic E-state index is -2.02. The standard InChI is InChI=1S/C28H34O14/c29-12-20-23(41-21(34)8-4-16-3-7-18(32)19(33)11-16)22(35)24(42-27-25(36)28(37,13-30)14-39-27)26(40-20)38-10-9-15-1-5-17(31)6-2-15/h1-8,11,20,22-27,29-33,35-37H,9-10,12-14H2/b8-4+/t20-,22+,23-,24-,25-,26-,27-,28-/m0/s1. The third-order valence-electron chi connectivity index (χ3n) is 6.94. The number of aliphatic hydroxyl groups is 5. The van der Waals surface area contributed by atoms with Crippen LogP contribution in [-0.4, -0.2) is 122 Å². The Bertz CT molecular complexity index is 1220. The monoisotopic (exact) mass is 594 g/mol. The summed E-state index contributed by atoms with van der Waals surface area (Å²) in [5.74, 6) is -1.61. The van der Waals surface area contributed by atoms with Crippen molar-refractivity contribution in [1.82, 2.24) is 0 Å². The second-order valence-electron chi connectivity index (χ2n) is 9.97. The first-order valence-electron chi connectivity index (χ1n) is 13.1. The van der Waals surface area contributed by atoms with Crippen molar-refractivity contribution in [3.8, 4) is 17.2 Å². The summed E-state index contributed by atoms with van der Waals surface area (Å²) in [5, 5.41) is 80.0. The molecule has 0 aliphatic carbocycles. The molecule has 2 aliphatic heterocycles. The van der Waals surface area contributed by atoms with E-state index in [2.05, 4.69) is 0 Å². The third-order valence-corrected chi connectivity index (χ3v) is 6.94. The molecule has 0 aromatic heterocycles. The summed E-state index contributed by atoms with van der Waals surface area (Å²) in [5.41, 5.74) is -0.857. The number of carbonyl (C=O) groups excluding carboxylic acids is 1. The lowest BCUT2D eigenvalue weighted by Gasteiger charge is -2.43. The van der Waals surface area contributed by atoms with Crippen molar-refractivity contribution in [2.24, 2.45) is 0 Å². The number of aliphatic hydroxyl groups excluding tert-OH is 4. The van der Waals surface area contributed by atoms with Gasteiger partial charge in [-0.1, -0.05) is 18.2 Å². The van der Waals surface area contributed by atoms with Crippen molar-refractivity contribution < 1.29 is 69.3 Å². The van der Waals surface area contributed by atoms with E-state index < -0.39 is 80.2 Å². The molecule has 0 bridgehead atoms. The quantitative estimate of drug-likeness (QED) is 0.0878. The second-order valence-corrected chi connectivity index (χ2v) is 9.97. The third kappa shape index (κ3) is 7.36. The Morgan fingerprint density at radius 2 is 1.74 bits per heavy atom. The molecule has 8 N–H and O–H groups in total. The lowest BCUT2D eigenvalue weighted by atomic mass is 9.97. The van der Waals surface area contributed by atoms with E-state index in [9.17, 15) is 45.6 Å². The van der Waals surface area contributed by atoms with Crippen LogP contribution in [0.1, 0.15) is 11.1 Å². The van der Waals surface area contributed by atoms with Crippen LogP contribution in [0.15, 0.2) is 48.5 Å². The van der Waals surface area contributed by atoms with Gasteiger partial charge >= 0.3 is 5.97 Å². The summed E-state index contributed by atoms with van der Waals surface area (Å²) in [6.45, 7) is -1.97. The highest BCUT2D eigenvalue weighted by Crippen LogP contribution is 2.32. The maximum atomic E-state index is 12.6. The average Bonchev–Trinajstić information content (AvgIpc) is 3.26. The van der Waals surface area contributed by atoms with Gasteiger partial charge in [-0.2, -0.15) is 0 Å². The van der Waals surface area contributed by atoms with Gasteiger partial charge in [0.05, 0.1) is 26.4 Å². The van der Waals surface area contributed by atoms with Crippen LogP contribution in [0.4, 0.5) is 0 Å². The van der Waals surface area contributed by atoms with Gasteiger partial charge < -0.3 is 64.5 Å². The molecule has 0 radical (unpaired) electrons. The number of hydrogen-bond acceptors (Lipinski definition) is 14. The fourth-order valence-electron chi connectivity index (χ4n) is 4.47. The largest absolute Gasteiger partial charge is 0.508 e. The lowest BCUT2D eigenvalue weighted by Crippen LogP contribution is -2.62. The predicted octanol–water partition coefficient (Wildman–Crippen LogP) is -1.11. The van der Waals surface area contributed by atoms with E-state index in [4.69, 9.17) is 23.7 Å². The first kappa shape index (κ1) is 31.6. The number of benzene rings is 2. The van der Waals surface area contributed by atoms with Crippen LogP contribution in [0.3, 0.4) is 0 Å². The van der Waals surface area contributed by atoms with Gasteiger partial charge in [-0.15, -0.1) is 0 Å². The van der Waals surface area contributed by atoms with Crippen molar-refractivity contribution >= 4 is 12.0 Å². The fourth-order valence-corrected chi connectivity index (χ4v) is 4.47.